The molecule has 1 rings (SSSR count). The van der Waals surface area contributed by atoms with Gasteiger partial charge in [0.25, 0.3) is 0 Å². The number of aliphatic hydroxyl groups is 1. The van der Waals surface area contributed by atoms with Crippen molar-refractivity contribution in [2.45, 2.75) is 37.6 Å². The van der Waals surface area contributed by atoms with Crippen LogP contribution in [0.5, 0.6) is 0 Å². The third-order valence-corrected chi connectivity index (χ3v) is 5.43. The van der Waals surface area contributed by atoms with Gasteiger partial charge in [0.2, 0.25) is 10.0 Å². The van der Waals surface area contributed by atoms with Gasteiger partial charge in [-0.25, -0.2) is 19.2 Å². The summed E-state index contributed by atoms with van der Waals surface area (Å²) in [6.07, 6.45) is 2.50. The highest BCUT2D eigenvalue weighted by Crippen LogP contribution is 2.26. The lowest BCUT2D eigenvalue weighted by Crippen LogP contribution is -2.41. The molecule has 4 N–H and O–H groups in total. The molecule has 0 aromatic carbocycles. The smallest absolute Gasteiger partial charge is 0.244 e. The first-order valence-electron chi connectivity index (χ1n) is 6.67. The number of anilines is 1. The van der Waals surface area contributed by atoms with Gasteiger partial charge in [-0.1, -0.05) is 25.4 Å². The zero-order valence-electron chi connectivity index (χ0n) is 12.1. The molecule has 1 aromatic rings. The fourth-order valence-electron chi connectivity index (χ4n) is 2.10. The predicted molar refractivity (Wildman–Crippen MR) is 82.4 cm³/mol. The molecule has 120 valence electrons. The van der Waals surface area contributed by atoms with E-state index in [0.717, 1.165) is 0 Å². The fraction of sp³-hybridized carbons (Fsp3) is 0.583. The van der Waals surface area contributed by atoms with E-state index < -0.39 is 10.0 Å². The van der Waals surface area contributed by atoms with Crippen LogP contribution in [0.15, 0.2) is 17.2 Å². The van der Waals surface area contributed by atoms with Crippen molar-refractivity contribution in [2.75, 3.05) is 18.6 Å². The van der Waals surface area contributed by atoms with Gasteiger partial charge in [0.05, 0.1) is 11.6 Å². The Hall–Kier alpha value is -0.930. The summed E-state index contributed by atoms with van der Waals surface area (Å²) in [6.45, 7) is 3.59. The van der Waals surface area contributed by atoms with Crippen molar-refractivity contribution in [3.63, 3.8) is 0 Å². The highest BCUT2D eigenvalue weighted by atomic mass is 35.5. The lowest BCUT2D eigenvalue weighted by Gasteiger charge is -2.29. The number of sulfonamides is 1. The van der Waals surface area contributed by atoms with E-state index in [2.05, 4.69) is 10.4 Å². The molecule has 0 bridgehead atoms. The second kappa shape index (κ2) is 7.90. The van der Waals surface area contributed by atoms with Crippen LogP contribution < -0.4 is 11.3 Å². The van der Waals surface area contributed by atoms with Crippen molar-refractivity contribution in [3.8, 4) is 0 Å². The van der Waals surface area contributed by atoms with Crippen LogP contribution in [0, 0.1) is 0 Å². The van der Waals surface area contributed by atoms with E-state index in [1.54, 1.807) is 0 Å². The van der Waals surface area contributed by atoms with Crippen molar-refractivity contribution < 1.29 is 13.5 Å². The Morgan fingerprint density at radius 1 is 1.48 bits per heavy atom. The van der Waals surface area contributed by atoms with Gasteiger partial charge in [-0.15, -0.1) is 0 Å². The number of nitrogen functional groups attached to an aromatic ring is 1. The lowest BCUT2D eigenvalue weighted by molar-refractivity contribution is 0.219. The van der Waals surface area contributed by atoms with E-state index in [-0.39, 0.29) is 34.9 Å². The summed E-state index contributed by atoms with van der Waals surface area (Å²) < 4.78 is 26.7. The molecule has 0 radical (unpaired) electrons. The molecule has 0 amide bonds. The Labute approximate surface area is 130 Å². The molecule has 0 saturated heterocycles. The van der Waals surface area contributed by atoms with E-state index >= 15 is 0 Å². The van der Waals surface area contributed by atoms with Crippen LogP contribution in [0.25, 0.3) is 0 Å². The van der Waals surface area contributed by atoms with Gasteiger partial charge >= 0.3 is 0 Å². The van der Waals surface area contributed by atoms with Gasteiger partial charge in [0, 0.05) is 18.8 Å². The number of nitrogens with two attached hydrogens (primary N) is 1. The highest BCUT2D eigenvalue weighted by molar-refractivity contribution is 7.89. The van der Waals surface area contributed by atoms with E-state index in [4.69, 9.17) is 22.6 Å². The summed E-state index contributed by atoms with van der Waals surface area (Å²) in [4.78, 5) is 3.86. The Kier molecular flexibility index (Phi) is 6.82. The fourth-order valence-corrected chi connectivity index (χ4v) is 4.12. The molecule has 0 saturated carbocycles. The van der Waals surface area contributed by atoms with Gasteiger partial charge in [-0.05, 0) is 18.9 Å². The summed E-state index contributed by atoms with van der Waals surface area (Å²) in [5, 5.41) is 9.27. The van der Waals surface area contributed by atoms with Gasteiger partial charge < -0.3 is 10.5 Å². The Balaban J connectivity index is 3.25. The number of hydrazine groups is 1. The normalized spacial score (nSPS) is 12.1. The van der Waals surface area contributed by atoms with Crippen LogP contribution in [-0.2, 0) is 10.0 Å². The molecule has 9 heteroatoms. The molecule has 0 aliphatic rings. The summed E-state index contributed by atoms with van der Waals surface area (Å²) in [7, 11) is -3.78. The number of hydrogen-bond acceptors (Lipinski definition) is 6. The SMILES string of the molecule is CCC(CC)N(CCO)S(=O)(=O)c1cnc(NN)c(Cl)c1. The maximum atomic E-state index is 12.7. The zero-order chi connectivity index (χ0) is 16.0. The monoisotopic (exact) mass is 336 g/mol. The molecular formula is C12H21ClN4O3S. The summed E-state index contributed by atoms with van der Waals surface area (Å²) >= 11 is 5.93. The summed E-state index contributed by atoms with van der Waals surface area (Å²) in [6, 6.07) is 1.11. The van der Waals surface area contributed by atoms with Crippen molar-refractivity contribution in [3.05, 3.63) is 17.3 Å². The van der Waals surface area contributed by atoms with E-state index in [1.165, 1.54) is 16.6 Å². The molecule has 0 aliphatic carbocycles. The Bertz CT molecular complexity index is 564. The molecule has 0 unspecified atom stereocenters. The first-order chi connectivity index (χ1) is 9.92. The maximum Gasteiger partial charge on any atom is 0.244 e. The third-order valence-electron chi connectivity index (χ3n) is 3.23. The van der Waals surface area contributed by atoms with E-state index in [0.29, 0.717) is 12.8 Å². The molecule has 1 heterocycles. The molecule has 21 heavy (non-hydrogen) atoms. The van der Waals surface area contributed by atoms with Crippen molar-refractivity contribution >= 4 is 27.4 Å². The molecule has 1 aromatic heterocycles. The Morgan fingerprint density at radius 2 is 2.10 bits per heavy atom. The van der Waals surface area contributed by atoms with Crippen molar-refractivity contribution in [1.82, 2.24) is 9.29 Å². The average Bonchev–Trinajstić information content (AvgIpc) is 2.47. The van der Waals surface area contributed by atoms with E-state index in [1.807, 2.05) is 13.8 Å². The largest absolute Gasteiger partial charge is 0.395 e. The van der Waals surface area contributed by atoms with Crippen LogP contribution in [0.3, 0.4) is 0 Å². The maximum absolute atomic E-state index is 12.7. The number of nitrogens with one attached hydrogen (secondary N) is 1. The summed E-state index contributed by atoms with van der Waals surface area (Å²) in [5.41, 5.74) is 2.28. The number of pyridine rings is 1. The van der Waals surface area contributed by atoms with Crippen LogP contribution in [-0.4, -0.2) is 42.0 Å². The van der Waals surface area contributed by atoms with Gasteiger partial charge in [0.15, 0.2) is 5.82 Å². The van der Waals surface area contributed by atoms with Gasteiger partial charge in [-0.2, -0.15) is 4.31 Å². The molecule has 0 spiro atoms. The molecule has 0 fully saturated rings. The zero-order valence-corrected chi connectivity index (χ0v) is 13.7. The lowest BCUT2D eigenvalue weighted by atomic mass is 10.2. The number of halogens is 1. The highest BCUT2D eigenvalue weighted by Gasteiger charge is 2.30. The first-order valence-corrected chi connectivity index (χ1v) is 8.48. The van der Waals surface area contributed by atoms with Crippen molar-refractivity contribution in [2.24, 2.45) is 5.84 Å². The molecule has 7 nitrogen and oxygen atoms in total. The average molecular weight is 337 g/mol. The van der Waals surface area contributed by atoms with Crippen molar-refractivity contribution in [1.29, 1.82) is 0 Å². The third kappa shape index (κ3) is 4.04. The van der Waals surface area contributed by atoms with E-state index in [9.17, 15) is 8.42 Å². The number of aliphatic hydroxyl groups excluding tert-OH is 1. The quantitative estimate of drug-likeness (QED) is 0.486. The number of hydrogen-bond donors (Lipinski definition) is 3. The second-order valence-electron chi connectivity index (χ2n) is 4.46. The van der Waals surface area contributed by atoms with Crippen LogP contribution in [0.2, 0.25) is 5.02 Å². The number of nitrogens with zero attached hydrogens (tertiary/aromatic N) is 2. The second-order valence-corrected chi connectivity index (χ2v) is 6.75. The molecular weight excluding hydrogens is 316 g/mol. The minimum atomic E-state index is -3.78. The number of aromatic nitrogens is 1. The summed E-state index contributed by atoms with van der Waals surface area (Å²) in [5.74, 6) is 5.42. The Morgan fingerprint density at radius 3 is 2.52 bits per heavy atom. The van der Waals surface area contributed by atoms with Gasteiger partial charge in [-0.3, -0.25) is 0 Å². The molecule has 0 atom stereocenters. The van der Waals surface area contributed by atoms with Gasteiger partial charge in [0.1, 0.15) is 4.90 Å². The van der Waals surface area contributed by atoms with Crippen LogP contribution in [0.1, 0.15) is 26.7 Å². The minimum Gasteiger partial charge on any atom is -0.395 e. The first kappa shape index (κ1) is 18.1. The minimum absolute atomic E-state index is 0.0214. The topological polar surface area (TPSA) is 109 Å². The predicted octanol–water partition coefficient (Wildman–Crippen LogP) is 1.19. The molecule has 0 aliphatic heterocycles. The van der Waals surface area contributed by atoms with Crippen LogP contribution in [0.4, 0.5) is 5.82 Å². The van der Waals surface area contributed by atoms with Crippen LogP contribution >= 0.6 is 11.6 Å². The number of rotatable bonds is 8. The standard InChI is InChI=1S/C12H21ClN4O3S/c1-3-9(4-2)17(5-6-18)21(19,20)10-7-11(13)12(16-14)15-8-10/h7-9,18H,3-6,14H2,1-2H3,(H,15,16).